The van der Waals surface area contributed by atoms with Crippen LogP contribution < -0.4 is 4.74 Å². The molecule has 0 aliphatic rings. The first-order valence-corrected chi connectivity index (χ1v) is 12.7. The third-order valence-electron chi connectivity index (χ3n) is 5.42. The van der Waals surface area contributed by atoms with Gasteiger partial charge in [-0.2, -0.15) is 18.8 Å². The van der Waals surface area contributed by atoms with Crippen molar-refractivity contribution in [1.82, 2.24) is 14.8 Å². The fourth-order valence-corrected chi connectivity index (χ4v) is 4.41. The maximum atomic E-state index is 12.4. The minimum atomic E-state index is -3.80. The Morgan fingerprint density at radius 1 is 1.22 bits per heavy atom. The molecular formula is C25H28N4O6S. The van der Waals surface area contributed by atoms with E-state index in [0.29, 0.717) is 36.6 Å². The molecule has 0 bridgehead atoms. The monoisotopic (exact) mass is 512 g/mol. The number of carbonyl (C=O) groups excluding carboxylic acids is 1. The van der Waals surface area contributed by atoms with E-state index in [4.69, 9.17) is 13.7 Å². The number of esters is 1. The van der Waals surface area contributed by atoms with E-state index < -0.39 is 16.1 Å². The van der Waals surface area contributed by atoms with Gasteiger partial charge >= 0.3 is 5.97 Å². The van der Waals surface area contributed by atoms with Crippen LogP contribution in [0.3, 0.4) is 0 Å². The molecule has 190 valence electrons. The molecule has 0 aliphatic heterocycles. The SMILES string of the molecule is COC(=O)c1cc(C#N)nc(-c2cnn(C)c2OCCC[C@@H](C)COS(=O)(=O)c2ccc(C)cc2)c1. The van der Waals surface area contributed by atoms with Crippen LogP contribution in [0.2, 0.25) is 0 Å². The van der Waals surface area contributed by atoms with E-state index in [2.05, 4.69) is 10.1 Å². The number of hydrogen-bond acceptors (Lipinski definition) is 9. The van der Waals surface area contributed by atoms with Crippen LogP contribution in [-0.4, -0.2) is 49.5 Å². The molecule has 10 nitrogen and oxygen atoms in total. The maximum Gasteiger partial charge on any atom is 0.338 e. The molecule has 2 heterocycles. The molecule has 0 amide bonds. The van der Waals surface area contributed by atoms with Gasteiger partial charge in [-0.05, 0) is 49.9 Å². The summed E-state index contributed by atoms with van der Waals surface area (Å²) in [4.78, 5) is 16.4. The van der Waals surface area contributed by atoms with Crippen molar-refractivity contribution in [2.45, 2.75) is 31.6 Å². The zero-order chi connectivity index (χ0) is 26.3. The van der Waals surface area contributed by atoms with Gasteiger partial charge in [0, 0.05) is 7.05 Å². The summed E-state index contributed by atoms with van der Waals surface area (Å²) in [5, 5.41) is 13.5. The van der Waals surface area contributed by atoms with Crippen LogP contribution in [0.25, 0.3) is 11.3 Å². The number of rotatable bonds is 11. The molecule has 11 heteroatoms. The van der Waals surface area contributed by atoms with E-state index in [1.54, 1.807) is 25.4 Å². The van der Waals surface area contributed by atoms with Crippen molar-refractivity contribution in [2.24, 2.45) is 13.0 Å². The number of benzene rings is 1. The highest BCUT2D eigenvalue weighted by Gasteiger charge is 2.19. The van der Waals surface area contributed by atoms with Gasteiger partial charge in [0.25, 0.3) is 10.1 Å². The second-order valence-electron chi connectivity index (χ2n) is 8.36. The molecule has 36 heavy (non-hydrogen) atoms. The van der Waals surface area contributed by atoms with Crippen molar-refractivity contribution < 1.29 is 26.9 Å². The number of nitriles is 1. The van der Waals surface area contributed by atoms with Gasteiger partial charge in [-0.3, -0.25) is 4.18 Å². The van der Waals surface area contributed by atoms with Crippen LogP contribution in [0.4, 0.5) is 0 Å². The lowest BCUT2D eigenvalue weighted by atomic mass is 10.1. The van der Waals surface area contributed by atoms with E-state index in [1.165, 1.54) is 36.1 Å². The zero-order valence-corrected chi connectivity index (χ0v) is 21.4. The highest BCUT2D eigenvalue weighted by atomic mass is 32.2. The van der Waals surface area contributed by atoms with Crippen molar-refractivity contribution in [3.05, 3.63) is 59.4 Å². The number of hydrogen-bond donors (Lipinski definition) is 0. The minimum Gasteiger partial charge on any atom is -0.477 e. The number of nitrogens with zero attached hydrogens (tertiary/aromatic N) is 4. The average Bonchev–Trinajstić information content (AvgIpc) is 3.24. The fourth-order valence-electron chi connectivity index (χ4n) is 3.40. The van der Waals surface area contributed by atoms with E-state index in [1.807, 2.05) is 19.9 Å². The Bertz CT molecular complexity index is 1360. The van der Waals surface area contributed by atoms with E-state index in [9.17, 15) is 18.5 Å². The first-order chi connectivity index (χ1) is 17.1. The number of pyridine rings is 1. The molecule has 1 atom stereocenters. The average molecular weight is 513 g/mol. The lowest BCUT2D eigenvalue weighted by Gasteiger charge is -2.13. The number of ether oxygens (including phenoxy) is 2. The van der Waals surface area contributed by atoms with Gasteiger partial charge in [0.15, 0.2) is 0 Å². The molecule has 0 saturated carbocycles. The predicted molar refractivity (Wildman–Crippen MR) is 131 cm³/mol. The van der Waals surface area contributed by atoms with E-state index in [0.717, 1.165) is 5.56 Å². The third kappa shape index (κ3) is 6.68. The Kier molecular flexibility index (Phi) is 8.79. The predicted octanol–water partition coefficient (Wildman–Crippen LogP) is 3.65. The summed E-state index contributed by atoms with van der Waals surface area (Å²) >= 11 is 0. The zero-order valence-electron chi connectivity index (χ0n) is 20.6. The first kappa shape index (κ1) is 26.8. The first-order valence-electron chi connectivity index (χ1n) is 11.3. The number of carbonyl (C=O) groups is 1. The molecule has 0 aliphatic carbocycles. The molecule has 0 unspecified atom stereocenters. The smallest absolute Gasteiger partial charge is 0.338 e. The van der Waals surface area contributed by atoms with Crippen molar-refractivity contribution in [2.75, 3.05) is 20.3 Å². The quantitative estimate of drug-likeness (QED) is 0.214. The van der Waals surface area contributed by atoms with Gasteiger partial charge in [0.2, 0.25) is 5.88 Å². The second-order valence-corrected chi connectivity index (χ2v) is 9.98. The Balaban J connectivity index is 1.58. The van der Waals surface area contributed by atoms with Crippen molar-refractivity contribution in [3.63, 3.8) is 0 Å². The van der Waals surface area contributed by atoms with Crippen LogP contribution in [0.5, 0.6) is 5.88 Å². The fraction of sp³-hybridized carbons (Fsp3) is 0.360. The summed E-state index contributed by atoms with van der Waals surface area (Å²) < 4.78 is 42.2. The highest BCUT2D eigenvalue weighted by molar-refractivity contribution is 7.86. The van der Waals surface area contributed by atoms with Crippen LogP contribution in [0.15, 0.2) is 47.5 Å². The molecule has 0 saturated heterocycles. The molecule has 0 N–H and O–H groups in total. The molecule has 3 rings (SSSR count). The largest absolute Gasteiger partial charge is 0.477 e. The lowest BCUT2D eigenvalue weighted by Crippen LogP contribution is -2.14. The minimum absolute atomic E-state index is 0.0172. The summed E-state index contributed by atoms with van der Waals surface area (Å²) in [5.74, 6) is -0.169. The standard InChI is InChI=1S/C25H28N4O6S/c1-17-7-9-21(10-8-17)36(31,32)35-16-18(2)6-5-11-34-24-22(15-27-29(24)3)23-13-19(25(30)33-4)12-20(14-26)28-23/h7-10,12-13,15,18H,5-6,11,16H2,1-4H3/t18-/m1/s1. The normalized spacial score (nSPS) is 12.1. The Hall–Kier alpha value is -3.75. The summed E-state index contributed by atoms with van der Waals surface area (Å²) in [7, 11) is -0.833. The number of aryl methyl sites for hydroxylation is 2. The maximum absolute atomic E-state index is 12.4. The lowest BCUT2D eigenvalue weighted by molar-refractivity contribution is 0.0600. The van der Waals surface area contributed by atoms with Gasteiger partial charge in [-0.25, -0.2) is 14.5 Å². The van der Waals surface area contributed by atoms with Crippen LogP contribution >= 0.6 is 0 Å². The van der Waals surface area contributed by atoms with Crippen molar-refractivity contribution in [3.8, 4) is 23.2 Å². The van der Waals surface area contributed by atoms with Crippen molar-refractivity contribution >= 4 is 16.1 Å². The molecule has 0 spiro atoms. The third-order valence-corrected chi connectivity index (χ3v) is 6.71. The summed E-state index contributed by atoms with van der Waals surface area (Å²) in [5.41, 5.74) is 2.12. The second kappa shape index (κ2) is 11.8. The molecule has 1 aromatic carbocycles. The Labute approximate surface area is 210 Å². The van der Waals surface area contributed by atoms with Gasteiger partial charge in [-0.1, -0.05) is 24.6 Å². The Morgan fingerprint density at radius 2 is 1.94 bits per heavy atom. The van der Waals surface area contributed by atoms with Crippen LogP contribution in [0, 0.1) is 24.2 Å². The summed E-state index contributed by atoms with van der Waals surface area (Å²) in [6.45, 7) is 4.19. The van der Waals surface area contributed by atoms with E-state index in [-0.39, 0.29) is 28.7 Å². The molecular weight excluding hydrogens is 484 g/mol. The van der Waals surface area contributed by atoms with E-state index >= 15 is 0 Å². The number of aromatic nitrogens is 3. The topological polar surface area (TPSA) is 133 Å². The van der Waals surface area contributed by atoms with Gasteiger partial charge in [0.05, 0.1) is 48.2 Å². The molecule has 0 radical (unpaired) electrons. The molecule has 3 aromatic rings. The summed E-state index contributed by atoms with van der Waals surface area (Å²) in [6.07, 6.45) is 2.86. The van der Waals surface area contributed by atoms with Crippen LogP contribution in [-0.2, 0) is 26.1 Å². The summed E-state index contributed by atoms with van der Waals surface area (Å²) in [6, 6.07) is 11.3. The molecule has 2 aromatic heterocycles. The van der Waals surface area contributed by atoms with Crippen LogP contribution in [0.1, 0.15) is 41.4 Å². The van der Waals surface area contributed by atoms with Crippen molar-refractivity contribution in [1.29, 1.82) is 5.26 Å². The van der Waals surface area contributed by atoms with Gasteiger partial charge in [-0.15, -0.1) is 0 Å². The Morgan fingerprint density at radius 3 is 2.61 bits per heavy atom. The van der Waals surface area contributed by atoms with Gasteiger partial charge < -0.3 is 9.47 Å². The molecule has 0 fully saturated rings. The highest BCUT2D eigenvalue weighted by Crippen LogP contribution is 2.29. The number of methoxy groups -OCH3 is 1. The van der Waals surface area contributed by atoms with Gasteiger partial charge in [0.1, 0.15) is 11.8 Å².